The largest absolute Gasteiger partial charge is 0.365 e. The lowest BCUT2D eigenvalue weighted by Gasteiger charge is -2.10. The highest BCUT2D eigenvalue weighted by Crippen LogP contribution is 2.13. The number of nitrogens with zero attached hydrogens (tertiary/aromatic N) is 2. The smallest absolute Gasteiger partial charge is 0.224 e. The van der Waals surface area contributed by atoms with Crippen molar-refractivity contribution < 1.29 is 4.79 Å². The maximum absolute atomic E-state index is 11.8. The van der Waals surface area contributed by atoms with Gasteiger partial charge in [0.05, 0.1) is 11.9 Å². The molecule has 0 saturated heterocycles. The van der Waals surface area contributed by atoms with Crippen LogP contribution < -0.4 is 10.6 Å². The number of hydrogen-bond acceptors (Lipinski definition) is 4. The quantitative estimate of drug-likeness (QED) is 0.858. The molecule has 5 heteroatoms. The van der Waals surface area contributed by atoms with E-state index in [9.17, 15) is 4.79 Å². The number of aromatic nitrogens is 2. The number of aryl methyl sites for hydroxylation is 1. The molecule has 1 amide bonds. The SMILES string of the molecule is Cc1cncc(NCc2cccc(NC(=O)CC(C)C)c2)n1. The molecule has 0 aliphatic heterocycles. The summed E-state index contributed by atoms with van der Waals surface area (Å²) in [6, 6.07) is 7.81. The van der Waals surface area contributed by atoms with Crippen molar-refractivity contribution in [3.8, 4) is 0 Å². The fourth-order valence-electron chi connectivity index (χ4n) is 2.08. The van der Waals surface area contributed by atoms with Crippen molar-refractivity contribution in [1.29, 1.82) is 0 Å². The van der Waals surface area contributed by atoms with Crippen LogP contribution in [0, 0.1) is 12.8 Å². The molecule has 0 saturated carbocycles. The Morgan fingerprint density at radius 1 is 1.27 bits per heavy atom. The van der Waals surface area contributed by atoms with Gasteiger partial charge in [-0.15, -0.1) is 0 Å². The van der Waals surface area contributed by atoms with E-state index in [-0.39, 0.29) is 5.91 Å². The first-order chi connectivity index (χ1) is 10.5. The standard InChI is InChI=1S/C17H22N4O/c1-12(2)7-17(22)21-15-6-4-5-14(8-15)10-19-16-11-18-9-13(3)20-16/h4-6,8-9,11-12H,7,10H2,1-3H3,(H,19,20)(H,21,22). The number of amides is 1. The summed E-state index contributed by atoms with van der Waals surface area (Å²) < 4.78 is 0. The highest BCUT2D eigenvalue weighted by molar-refractivity contribution is 5.90. The molecule has 0 bridgehead atoms. The van der Waals surface area contributed by atoms with Gasteiger partial charge in [0, 0.05) is 24.8 Å². The summed E-state index contributed by atoms with van der Waals surface area (Å²) >= 11 is 0. The van der Waals surface area contributed by atoms with Gasteiger partial charge in [0.25, 0.3) is 0 Å². The Labute approximate surface area is 131 Å². The van der Waals surface area contributed by atoms with E-state index in [0.29, 0.717) is 18.9 Å². The van der Waals surface area contributed by atoms with E-state index in [2.05, 4.69) is 20.6 Å². The van der Waals surface area contributed by atoms with E-state index in [1.807, 2.05) is 45.0 Å². The van der Waals surface area contributed by atoms with Crippen LogP contribution in [0.25, 0.3) is 0 Å². The number of nitrogens with one attached hydrogen (secondary N) is 2. The van der Waals surface area contributed by atoms with Crippen LogP contribution >= 0.6 is 0 Å². The van der Waals surface area contributed by atoms with Gasteiger partial charge in [0.1, 0.15) is 5.82 Å². The minimum atomic E-state index is 0.0460. The Morgan fingerprint density at radius 3 is 2.82 bits per heavy atom. The molecule has 5 nitrogen and oxygen atoms in total. The molecule has 2 aromatic rings. The Hall–Kier alpha value is -2.43. The molecule has 0 aliphatic rings. The van der Waals surface area contributed by atoms with Crippen molar-refractivity contribution in [2.24, 2.45) is 5.92 Å². The molecule has 0 atom stereocenters. The van der Waals surface area contributed by atoms with Crippen LogP contribution in [0.1, 0.15) is 31.5 Å². The van der Waals surface area contributed by atoms with Crippen LogP contribution in [0.15, 0.2) is 36.7 Å². The molecule has 22 heavy (non-hydrogen) atoms. The first-order valence-electron chi connectivity index (χ1n) is 7.44. The summed E-state index contributed by atoms with van der Waals surface area (Å²) in [6.07, 6.45) is 3.94. The zero-order chi connectivity index (χ0) is 15.9. The van der Waals surface area contributed by atoms with Crippen LogP contribution in [0.3, 0.4) is 0 Å². The van der Waals surface area contributed by atoms with Gasteiger partial charge in [-0.05, 0) is 30.5 Å². The third-order valence-corrected chi connectivity index (χ3v) is 3.03. The van der Waals surface area contributed by atoms with Gasteiger partial charge in [-0.1, -0.05) is 26.0 Å². The average molecular weight is 298 g/mol. The zero-order valence-electron chi connectivity index (χ0n) is 13.3. The van der Waals surface area contributed by atoms with Crippen LogP contribution in [-0.2, 0) is 11.3 Å². The highest BCUT2D eigenvalue weighted by atomic mass is 16.1. The number of hydrogen-bond donors (Lipinski definition) is 2. The minimum Gasteiger partial charge on any atom is -0.365 e. The number of rotatable bonds is 6. The molecule has 0 aliphatic carbocycles. The predicted molar refractivity (Wildman–Crippen MR) is 88.6 cm³/mol. The van der Waals surface area contributed by atoms with Crippen LogP contribution in [0.5, 0.6) is 0 Å². The summed E-state index contributed by atoms with van der Waals surface area (Å²) in [5.41, 5.74) is 2.77. The first kappa shape index (κ1) is 15.9. The molecule has 1 aromatic carbocycles. The van der Waals surface area contributed by atoms with Gasteiger partial charge < -0.3 is 10.6 Å². The zero-order valence-corrected chi connectivity index (χ0v) is 13.3. The maximum atomic E-state index is 11.8. The lowest BCUT2D eigenvalue weighted by molar-refractivity contribution is -0.116. The molecule has 0 radical (unpaired) electrons. The van der Waals surface area contributed by atoms with Gasteiger partial charge in [-0.3, -0.25) is 9.78 Å². The number of benzene rings is 1. The number of anilines is 2. The Morgan fingerprint density at radius 2 is 2.09 bits per heavy atom. The summed E-state index contributed by atoms with van der Waals surface area (Å²) in [5.74, 6) is 1.14. The van der Waals surface area contributed by atoms with Gasteiger partial charge in [0.2, 0.25) is 5.91 Å². The number of carbonyl (C=O) groups is 1. The average Bonchev–Trinajstić information content (AvgIpc) is 2.44. The lowest BCUT2D eigenvalue weighted by atomic mass is 10.1. The van der Waals surface area contributed by atoms with Crippen molar-refractivity contribution in [2.75, 3.05) is 10.6 Å². The van der Waals surface area contributed by atoms with Gasteiger partial charge >= 0.3 is 0 Å². The predicted octanol–water partition coefficient (Wildman–Crippen LogP) is 3.38. The topological polar surface area (TPSA) is 66.9 Å². The maximum Gasteiger partial charge on any atom is 0.224 e. The molecular formula is C17H22N4O. The second-order valence-corrected chi connectivity index (χ2v) is 5.75. The summed E-state index contributed by atoms with van der Waals surface area (Å²) in [5, 5.41) is 6.15. The Kier molecular flexibility index (Phi) is 5.47. The van der Waals surface area contributed by atoms with E-state index >= 15 is 0 Å². The van der Waals surface area contributed by atoms with E-state index in [0.717, 1.165) is 22.8 Å². The fraction of sp³-hybridized carbons (Fsp3) is 0.353. The summed E-state index contributed by atoms with van der Waals surface area (Å²) in [7, 11) is 0. The third-order valence-electron chi connectivity index (χ3n) is 3.03. The molecule has 0 spiro atoms. The third kappa shape index (κ3) is 5.16. The van der Waals surface area contributed by atoms with Gasteiger partial charge in [-0.2, -0.15) is 0 Å². The Balaban J connectivity index is 1.95. The molecule has 0 fully saturated rings. The Bertz CT molecular complexity index is 640. The molecule has 2 rings (SSSR count). The van der Waals surface area contributed by atoms with E-state index in [1.54, 1.807) is 12.4 Å². The van der Waals surface area contributed by atoms with E-state index in [4.69, 9.17) is 0 Å². The van der Waals surface area contributed by atoms with Crippen LogP contribution in [0.4, 0.5) is 11.5 Å². The molecular weight excluding hydrogens is 276 g/mol. The molecule has 1 heterocycles. The lowest BCUT2D eigenvalue weighted by Crippen LogP contribution is -2.14. The van der Waals surface area contributed by atoms with E-state index < -0.39 is 0 Å². The van der Waals surface area contributed by atoms with E-state index in [1.165, 1.54) is 0 Å². The monoisotopic (exact) mass is 298 g/mol. The summed E-state index contributed by atoms with van der Waals surface area (Å²) in [4.78, 5) is 20.3. The number of carbonyl (C=O) groups excluding carboxylic acids is 1. The molecule has 2 N–H and O–H groups in total. The molecule has 116 valence electrons. The van der Waals surface area contributed by atoms with Crippen molar-refractivity contribution >= 4 is 17.4 Å². The molecule has 1 aromatic heterocycles. The normalized spacial score (nSPS) is 10.5. The van der Waals surface area contributed by atoms with Crippen LogP contribution in [-0.4, -0.2) is 15.9 Å². The van der Waals surface area contributed by atoms with Gasteiger partial charge in [0.15, 0.2) is 0 Å². The van der Waals surface area contributed by atoms with Gasteiger partial charge in [-0.25, -0.2) is 4.98 Å². The van der Waals surface area contributed by atoms with Crippen molar-refractivity contribution in [2.45, 2.75) is 33.7 Å². The second kappa shape index (κ2) is 7.54. The first-order valence-corrected chi connectivity index (χ1v) is 7.44. The van der Waals surface area contributed by atoms with Crippen molar-refractivity contribution in [3.05, 3.63) is 47.9 Å². The minimum absolute atomic E-state index is 0.0460. The molecule has 0 unspecified atom stereocenters. The van der Waals surface area contributed by atoms with Crippen LogP contribution in [0.2, 0.25) is 0 Å². The summed E-state index contributed by atoms with van der Waals surface area (Å²) in [6.45, 7) is 6.60. The highest BCUT2D eigenvalue weighted by Gasteiger charge is 2.05. The van der Waals surface area contributed by atoms with Crippen molar-refractivity contribution in [1.82, 2.24) is 9.97 Å². The second-order valence-electron chi connectivity index (χ2n) is 5.75. The fourth-order valence-corrected chi connectivity index (χ4v) is 2.08. The van der Waals surface area contributed by atoms with Crippen molar-refractivity contribution in [3.63, 3.8) is 0 Å².